The van der Waals surface area contributed by atoms with Crippen LogP contribution in [0.1, 0.15) is 68.6 Å². The molecule has 0 radical (unpaired) electrons. The molecule has 0 amide bonds. The van der Waals surface area contributed by atoms with Crippen molar-refractivity contribution < 1.29 is 33.3 Å². The van der Waals surface area contributed by atoms with Crippen LogP contribution in [0.15, 0.2) is 18.2 Å². The minimum atomic E-state index is -0.972. The van der Waals surface area contributed by atoms with Gasteiger partial charge in [-0.2, -0.15) is 0 Å². The van der Waals surface area contributed by atoms with Gasteiger partial charge in [0, 0.05) is 17.7 Å². The normalized spacial score (nSPS) is 15.0. The molecule has 0 saturated heterocycles. The molecule has 9 nitrogen and oxygen atoms in total. The molecule has 0 aromatic heterocycles. The number of rotatable bonds is 9. The number of carbonyl (C=O) groups excluding carboxylic acids is 1. The number of fused-ring (bicyclic) bond motifs is 2. The van der Waals surface area contributed by atoms with Crippen molar-refractivity contribution in [1.82, 2.24) is 4.90 Å². The van der Waals surface area contributed by atoms with Gasteiger partial charge in [0.1, 0.15) is 24.2 Å². The van der Waals surface area contributed by atoms with Gasteiger partial charge in [0.15, 0.2) is 23.1 Å². The van der Waals surface area contributed by atoms with E-state index in [-0.39, 0.29) is 70.8 Å². The van der Waals surface area contributed by atoms with Crippen LogP contribution in [0.3, 0.4) is 0 Å². The summed E-state index contributed by atoms with van der Waals surface area (Å²) in [6.07, 6.45) is 0. The first kappa shape index (κ1) is 31.2. The summed E-state index contributed by atoms with van der Waals surface area (Å²) in [6, 6.07) is 4.31. The first-order valence-corrected chi connectivity index (χ1v) is 13.2. The summed E-state index contributed by atoms with van der Waals surface area (Å²) in [5, 5.41) is 18.3. The molecule has 0 aliphatic carbocycles. The van der Waals surface area contributed by atoms with Gasteiger partial charge >= 0.3 is 5.97 Å². The Kier molecular flexibility index (Phi) is 9.39. The molecular weight excluding hydrogens is 585 g/mol. The highest BCUT2D eigenvalue weighted by molar-refractivity contribution is 8.93. The second-order valence-corrected chi connectivity index (χ2v) is 10.7. The number of anilines is 1. The zero-order valence-electron chi connectivity index (χ0n) is 23.7. The third kappa shape index (κ3) is 5.75. The summed E-state index contributed by atoms with van der Waals surface area (Å²) in [6.45, 7) is 12.4. The van der Waals surface area contributed by atoms with Gasteiger partial charge in [-0.1, -0.05) is 20.8 Å². The SMILES string of the molecule is Br.CCOc1cc2c(c(F)c1OCC)C(=N)N(CC(=O)c1cc3c(c(C(C)(C)C)c1)OCCN3C(C)C(=O)O)C2. The van der Waals surface area contributed by atoms with E-state index in [0.29, 0.717) is 42.3 Å². The average Bonchev–Trinajstić information content (AvgIpc) is 3.18. The molecule has 40 heavy (non-hydrogen) atoms. The van der Waals surface area contributed by atoms with Crippen molar-refractivity contribution in [2.24, 2.45) is 0 Å². The maximum atomic E-state index is 15.5. The number of hydrogen-bond acceptors (Lipinski definition) is 7. The largest absolute Gasteiger partial charge is 0.490 e. The number of amidine groups is 1. The molecule has 1 unspecified atom stereocenters. The Morgan fingerprint density at radius 2 is 1.85 bits per heavy atom. The molecule has 11 heteroatoms. The lowest BCUT2D eigenvalue weighted by molar-refractivity contribution is -0.138. The lowest BCUT2D eigenvalue weighted by Crippen LogP contribution is -2.44. The van der Waals surface area contributed by atoms with Crippen LogP contribution in [-0.4, -0.2) is 66.5 Å². The monoisotopic (exact) mass is 621 g/mol. The van der Waals surface area contributed by atoms with Crippen LogP contribution in [0.2, 0.25) is 0 Å². The lowest BCUT2D eigenvalue weighted by atomic mass is 9.84. The van der Waals surface area contributed by atoms with Crippen molar-refractivity contribution in [2.75, 3.05) is 37.8 Å². The fourth-order valence-corrected chi connectivity index (χ4v) is 5.02. The number of ketones is 1. The first-order valence-electron chi connectivity index (χ1n) is 13.2. The molecule has 2 N–H and O–H groups in total. The predicted molar refractivity (Wildman–Crippen MR) is 156 cm³/mol. The Morgan fingerprint density at radius 1 is 1.18 bits per heavy atom. The molecule has 2 aliphatic heterocycles. The Hall–Kier alpha value is -3.34. The summed E-state index contributed by atoms with van der Waals surface area (Å²) in [4.78, 5) is 28.7. The predicted octanol–water partition coefficient (Wildman–Crippen LogP) is 5.19. The fraction of sp³-hybridized carbons (Fsp3) is 0.483. The van der Waals surface area contributed by atoms with Crippen molar-refractivity contribution in [1.29, 1.82) is 5.41 Å². The molecule has 2 aromatic rings. The maximum absolute atomic E-state index is 15.5. The number of Topliss-reactive ketones (excluding diaryl/α,β-unsaturated/α-hetero) is 1. The number of nitrogens with zero attached hydrogens (tertiary/aromatic N) is 2. The highest BCUT2D eigenvalue weighted by Crippen LogP contribution is 2.43. The van der Waals surface area contributed by atoms with E-state index < -0.39 is 17.8 Å². The van der Waals surface area contributed by atoms with Gasteiger partial charge in [0.25, 0.3) is 0 Å². The standard InChI is InChI=1S/C29H36FN3O6.BrH/c1-7-37-22-13-18-14-32(27(31)23(18)24(30)26(22)38-8-2)15-21(34)17-11-19(29(4,5)6)25-20(12-17)33(9-10-39-25)16(3)28(35)36;/h11-13,16,31H,7-10,14-15H2,1-6H3,(H,35,36);1H. The lowest BCUT2D eigenvalue weighted by Gasteiger charge is -2.37. The van der Waals surface area contributed by atoms with E-state index in [1.54, 1.807) is 43.9 Å². The second kappa shape index (κ2) is 12.0. The van der Waals surface area contributed by atoms with Crippen LogP contribution in [0, 0.1) is 11.2 Å². The summed E-state index contributed by atoms with van der Waals surface area (Å²) in [7, 11) is 0. The molecule has 1 atom stereocenters. The van der Waals surface area contributed by atoms with Gasteiger partial charge in [-0.25, -0.2) is 9.18 Å². The van der Waals surface area contributed by atoms with Crippen LogP contribution in [0.4, 0.5) is 10.1 Å². The fourth-order valence-electron chi connectivity index (χ4n) is 5.02. The summed E-state index contributed by atoms with van der Waals surface area (Å²) in [5.41, 5.74) is 1.99. The van der Waals surface area contributed by atoms with Crippen molar-refractivity contribution in [3.63, 3.8) is 0 Å². The van der Waals surface area contributed by atoms with Crippen LogP contribution < -0.4 is 19.1 Å². The molecule has 0 spiro atoms. The van der Waals surface area contributed by atoms with E-state index in [0.717, 1.165) is 5.56 Å². The van der Waals surface area contributed by atoms with Crippen LogP contribution in [0.5, 0.6) is 17.2 Å². The minimum absolute atomic E-state index is 0. The van der Waals surface area contributed by atoms with Crippen LogP contribution in [-0.2, 0) is 16.8 Å². The van der Waals surface area contributed by atoms with Crippen molar-refractivity contribution in [2.45, 2.75) is 59.5 Å². The number of carbonyl (C=O) groups is 2. The number of carboxylic acid groups (broad SMARTS) is 1. The van der Waals surface area contributed by atoms with E-state index in [1.165, 1.54) is 4.90 Å². The van der Waals surface area contributed by atoms with Crippen molar-refractivity contribution in [3.8, 4) is 17.2 Å². The number of hydrogen-bond donors (Lipinski definition) is 2. The third-order valence-corrected chi connectivity index (χ3v) is 7.02. The summed E-state index contributed by atoms with van der Waals surface area (Å²) >= 11 is 0. The van der Waals surface area contributed by atoms with E-state index >= 15 is 4.39 Å². The zero-order chi connectivity index (χ0) is 28.6. The Bertz CT molecular complexity index is 1330. The Labute approximate surface area is 244 Å². The molecule has 218 valence electrons. The van der Waals surface area contributed by atoms with Gasteiger partial charge in [0.05, 0.1) is 37.6 Å². The topological polar surface area (TPSA) is 112 Å². The van der Waals surface area contributed by atoms with E-state index in [9.17, 15) is 14.7 Å². The molecule has 2 aromatic carbocycles. The molecule has 0 bridgehead atoms. The highest BCUT2D eigenvalue weighted by atomic mass is 79.9. The van der Waals surface area contributed by atoms with Gasteiger partial charge in [-0.15, -0.1) is 17.0 Å². The number of benzene rings is 2. The average molecular weight is 623 g/mol. The van der Waals surface area contributed by atoms with Gasteiger partial charge in [0.2, 0.25) is 0 Å². The highest BCUT2D eigenvalue weighted by Gasteiger charge is 2.35. The minimum Gasteiger partial charge on any atom is -0.490 e. The van der Waals surface area contributed by atoms with Crippen molar-refractivity contribution >= 4 is 40.3 Å². The summed E-state index contributed by atoms with van der Waals surface area (Å²) in [5.74, 6) is -1.20. The number of carboxylic acids is 1. The van der Waals surface area contributed by atoms with Gasteiger partial charge in [-0.05, 0) is 49.9 Å². The smallest absolute Gasteiger partial charge is 0.326 e. The quantitative estimate of drug-likeness (QED) is 0.368. The van der Waals surface area contributed by atoms with Crippen LogP contribution in [0.25, 0.3) is 0 Å². The third-order valence-electron chi connectivity index (χ3n) is 7.02. The van der Waals surface area contributed by atoms with E-state index in [4.69, 9.17) is 19.6 Å². The van der Waals surface area contributed by atoms with Crippen molar-refractivity contribution in [3.05, 3.63) is 46.3 Å². The molecule has 2 aliphatic rings. The Morgan fingerprint density at radius 3 is 2.45 bits per heavy atom. The second-order valence-electron chi connectivity index (χ2n) is 10.7. The Balaban J connectivity index is 0.00000441. The van der Waals surface area contributed by atoms with Gasteiger partial charge < -0.3 is 29.1 Å². The first-order chi connectivity index (χ1) is 18.4. The van der Waals surface area contributed by atoms with E-state index in [1.807, 2.05) is 20.8 Å². The number of ether oxygens (including phenoxy) is 3. The summed E-state index contributed by atoms with van der Waals surface area (Å²) < 4.78 is 32.5. The number of aliphatic carboxylic acids is 1. The number of halogens is 2. The molecule has 0 saturated carbocycles. The van der Waals surface area contributed by atoms with Crippen LogP contribution >= 0.6 is 17.0 Å². The molecule has 0 fully saturated rings. The van der Waals surface area contributed by atoms with Gasteiger partial charge in [-0.3, -0.25) is 10.2 Å². The molecule has 4 rings (SSSR count). The molecular formula is C29H37BrFN3O6. The molecule has 2 heterocycles. The maximum Gasteiger partial charge on any atom is 0.326 e. The van der Waals surface area contributed by atoms with E-state index in [2.05, 4.69) is 0 Å². The zero-order valence-corrected chi connectivity index (χ0v) is 25.4. The number of nitrogens with one attached hydrogen (secondary N) is 1.